The Morgan fingerprint density at radius 1 is 1.33 bits per heavy atom. The summed E-state index contributed by atoms with van der Waals surface area (Å²) in [6.45, 7) is 2.93. The van der Waals surface area contributed by atoms with Crippen molar-refractivity contribution in [3.8, 4) is 0 Å². The molecule has 0 saturated heterocycles. The van der Waals surface area contributed by atoms with Gasteiger partial charge in [0, 0.05) is 11.8 Å². The smallest absolute Gasteiger partial charge is 0.248 e. The molecule has 102 valence electrons. The first-order valence-corrected chi connectivity index (χ1v) is 7.18. The molecule has 0 spiro atoms. The van der Waals surface area contributed by atoms with Gasteiger partial charge in [0.15, 0.2) is 0 Å². The number of aliphatic hydroxyl groups excluding tert-OH is 1. The lowest BCUT2D eigenvalue weighted by Gasteiger charge is -2.31. The van der Waals surface area contributed by atoms with Crippen molar-refractivity contribution in [1.29, 1.82) is 0 Å². The van der Waals surface area contributed by atoms with Gasteiger partial charge >= 0.3 is 0 Å². The van der Waals surface area contributed by atoms with Crippen LogP contribution < -0.4 is 0 Å². The lowest BCUT2D eigenvalue weighted by molar-refractivity contribution is -0.0546. The summed E-state index contributed by atoms with van der Waals surface area (Å²) in [7, 11) is 0. The number of aliphatic hydroxyl groups is 1. The summed E-state index contributed by atoms with van der Waals surface area (Å²) in [5.74, 6) is -2.74. The molecule has 0 bridgehead atoms. The molecule has 0 amide bonds. The van der Waals surface area contributed by atoms with E-state index in [-0.39, 0.29) is 6.61 Å². The average Bonchev–Trinajstić information content (AvgIpc) is 2.69. The average molecular weight is 275 g/mol. The normalized spacial score (nSPS) is 25.4. The van der Waals surface area contributed by atoms with Gasteiger partial charge in [0.2, 0.25) is 5.92 Å². The highest BCUT2D eigenvalue weighted by atomic mass is 32.1. The van der Waals surface area contributed by atoms with E-state index in [1.807, 2.05) is 6.92 Å². The summed E-state index contributed by atoms with van der Waals surface area (Å²) >= 11 is 1.53. The third-order valence-electron chi connectivity index (χ3n) is 3.85. The minimum absolute atomic E-state index is 0.0197. The second kappa shape index (κ2) is 5.21. The van der Waals surface area contributed by atoms with Gasteiger partial charge in [-0.2, -0.15) is 0 Å². The lowest BCUT2D eigenvalue weighted by atomic mass is 9.79. The maximum atomic E-state index is 13.2. The van der Waals surface area contributed by atoms with Crippen LogP contribution in [0.2, 0.25) is 0 Å². The molecule has 1 heterocycles. The zero-order valence-electron chi connectivity index (χ0n) is 10.7. The monoisotopic (exact) mass is 275 g/mol. The molecule has 1 aliphatic rings. The molecule has 0 atom stereocenters. The Labute approximate surface area is 110 Å². The summed E-state index contributed by atoms with van der Waals surface area (Å²) in [5, 5.41) is 10.2. The first kappa shape index (κ1) is 13.9. The number of halogens is 2. The van der Waals surface area contributed by atoms with Crippen LogP contribution in [0.15, 0.2) is 0 Å². The molecule has 1 aromatic rings. The molecule has 1 N–H and O–H groups in total. The Hall–Kier alpha value is -0.550. The molecule has 0 aliphatic heterocycles. The standard InChI is InChI=1S/C13H19F2NOS/c1-8-11(7-17)18-12(16-8)9-3-5-10(6-4-9)13(2,14)15/h9-10,17H,3-7H2,1-2H3/t9-,10-. The molecular weight excluding hydrogens is 256 g/mol. The molecule has 1 aromatic heterocycles. The molecule has 1 aliphatic carbocycles. The first-order chi connectivity index (χ1) is 8.41. The van der Waals surface area contributed by atoms with Crippen LogP contribution >= 0.6 is 11.3 Å². The van der Waals surface area contributed by atoms with Crippen LogP contribution in [0.1, 0.15) is 54.1 Å². The Kier molecular flexibility index (Phi) is 4.02. The van der Waals surface area contributed by atoms with E-state index >= 15 is 0 Å². The highest BCUT2D eigenvalue weighted by molar-refractivity contribution is 7.11. The third kappa shape index (κ3) is 2.88. The maximum Gasteiger partial charge on any atom is 0.248 e. The van der Waals surface area contributed by atoms with Crippen molar-refractivity contribution < 1.29 is 13.9 Å². The second-order valence-electron chi connectivity index (χ2n) is 5.22. The van der Waals surface area contributed by atoms with Crippen molar-refractivity contribution in [3.05, 3.63) is 15.6 Å². The van der Waals surface area contributed by atoms with E-state index in [4.69, 9.17) is 5.11 Å². The van der Waals surface area contributed by atoms with E-state index in [1.165, 1.54) is 11.3 Å². The summed E-state index contributed by atoms with van der Waals surface area (Å²) in [4.78, 5) is 5.36. The number of aryl methyl sites for hydroxylation is 1. The fraction of sp³-hybridized carbons (Fsp3) is 0.769. The van der Waals surface area contributed by atoms with Crippen molar-refractivity contribution in [2.75, 3.05) is 0 Å². The van der Waals surface area contributed by atoms with Gasteiger partial charge in [-0.05, 0) is 39.5 Å². The molecule has 1 fully saturated rings. The van der Waals surface area contributed by atoms with Gasteiger partial charge in [0.05, 0.1) is 22.2 Å². The van der Waals surface area contributed by atoms with Crippen LogP contribution in [0.5, 0.6) is 0 Å². The quantitative estimate of drug-likeness (QED) is 0.908. The van der Waals surface area contributed by atoms with Crippen molar-refractivity contribution in [2.45, 2.75) is 58.0 Å². The molecule has 18 heavy (non-hydrogen) atoms. The van der Waals surface area contributed by atoms with Gasteiger partial charge in [-0.1, -0.05) is 0 Å². The van der Waals surface area contributed by atoms with Crippen LogP contribution in [0, 0.1) is 12.8 Å². The molecule has 1 saturated carbocycles. The summed E-state index contributed by atoms with van der Waals surface area (Å²) in [5.41, 5.74) is 0.875. The van der Waals surface area contributed by atoms with E-state index in [0.29, 0.717) is 18.8 Å². The van der Waals surface area contributed by atoms with Gasteiger partial charge in [-0.25, -0.2) is 13.8 Å². The van der Waals surface area contributed by atoms with E-state index in [1.54, 1.807) is 0 Å². The number of nitrogens with zero attached hydrogens (tertiary/aromatic N) is 1. The van der Waals surface area contributed by atoms with E-state index in [2.05, 4.69) is 4.98 Å². The summed E-state index contributed by atoms with van der Waals surface area (Å²) in [6, 6.07) is 0. The number of rotatable bonds is 3. The molecule has 0 aromatic carbocycles. The first-order valence-electron chi connectivity index (χ1n) is 6.36. The summed E-state index contributed by atoms with van der Waals surface area (Å²) in [6.07, 6.45) is 2.71. The minimum Gasteiger partial charge on any atom is -0.391 e. The Balaban J connectivity index is 2.01. The topological polar surface area (TPSA) is 33.1 Å². The van der Waals surface area contributed by atoms with Gasteiger partial charge in [-0.15, -0.1) is 11.3 Å². The third-order valence-corrected chi connectivity index (χ3v) is 5.15. The molecule has 0 radical (unpaired) electrons. The Morgan fingerprint density at radius 2 is 1.94 bits per heavy atom. The van der Waals surface area contributed by atoms with Gasteiger partial charge in [0.25, 0.3) is 0 Å². The van der Waals surface area contributed by atoms with Crippen molar-refractivity contribution in [3.63, 3.8) is 0 Å². The van der Waals surface area contributed by atoms with Gasteiger partial charge < -0.3 is 5.11 Å². The minimum atomic E-state index is -2.56. The predicted molar refractivity (Wildman–Crippen MR) is 68.1 cm³/mol. The van der Waals surface area contributed by atoms with E-state index in [9.17, 15) is 8.78 Å². The molecule has 2 nitrogen and oxygen atoms in total. The Morgan fingerprint density at radius 3 is 2.39 bits per heavy atom. The fourth-order valence-corrected chi connectivity index (χ4v) is 3.71. The zero-order valence-corrected chi connectivity index (χ0v) is 11.6. The van der Waals surface area contributed by atoms with Gasteiger partial charge in [-0.3, -0.25) is 0 Å². The van der Waals surface area contributed by atoms with Crippen LogP contribution in [-0.2, 0) is 6.61 Å². The number of alkyl halides is 2. The maximum absolute atomic E-state index is 13.2. The molecule has 2 rings (SSSR count). The fourth-order valence-electron chi connectivity index (χ4n) is 2.62. The number of aromatic nitrogens is 1. The molecule has 5 heteroatoms. The summed E-state index contributed by atoms with van der Waals surface area (Å²) < 4.78 is 26.4. The van der Waals surface area contributed by atoms with Crippen LogP contribution in [0.3, 0.4) is 0 Å². The number of thiazole rings is 1. The molecule has 0 unspecified atom stereocenters. The van der Waals surface area contributed by atoms with E-state index < -0.39 is 11.8 Å². The lowest BCUT2D eigenvalue weighted by Crippen LogP contribution is -2.28. The SMILES string of the molecule is Cc1nc([C@H]2CC[C@H](C(C)(F)F)CC2)sc1CO. The second-order valence-corrected chi connectivity index (χ2v) is 6.34. The van der Waals surface area contributed by atoms with Crippen molar-refractivity contribution in [2.24, 2.45) is 5.92 Å². The molecular formula is C13H19F2NOS. The van der Waals surface area contributed by atoms with Crippen LogP contribution in [-0.4, -0.2) is 16.0 Å². The number of hydrogen-bond acceptors (Lipinski definition) is 3. The van der Waals surface area contributed by atoms with Crippen LogP contribution in [0.4, 0.5) is 8.78 Å². The van der Waals surface area contributed by atoms with Crippen LogP contribution in [0.25, 0.3) is 0 Å². The van der Waals surface area contributed by atoms with Crippen molar-refractivity contribution >= 4 is 11.3 Å². The predicted octanol–water partition coefficient (Wildman–Crippen LogP) is 3.87. The highest BCUT2D eigenvalue weighted by Gasteiger charge is 2.37. The largest absolute Gasteiger partial charge is 0.391 e. The Bertz CT molecular complexity index is 406. The van der Waals surface area contributed by atoms with E-state index in [0.717, 1.165) is 35.3 Å². The van der Waals surface area contributed by atoms with Crippen molar-refractivity contribution in [1.82, 2.24) is 4.98 Å². The van der Waals surface area contributed by atoms with Gasteiger partial charge in [0.1, 0.15) is 0 Å². The zero-order chi connectivity index (χ0) is 13.3. The number of hydrogen-bond donors (Lipinski definition) is 1. The highest BCUT2D eigenvalue weighted by Crippen LogP contribution is 2.43.